The SMILES string of the molecule is COc1cc(C(=O)CCC(C)(O)c2cc3c(c(-c4ccc(C)cc4)n2)NCC3(C)N)ccc1OCC(C)O. The van der Waals surface area contributed by atoms with Gasteiger partial charge < -0.3 is 30.7 Å². The second-order valence-electron chi connectivity index (χ2n) is 10.6. The summed E-state index contributed by atoms with van der Waals surface area (Å²) in [5.74, 6) is 0.707. The highest BCUT2D eigenvalue weighted by molar-refractivity contribution is 5.96. The van der Waals surface area contributed by atoms with Crippen LogP contribution in [0.4, 0.5) is 5.69 Å². The molecule has 2 heterocycles. The van der Waals surface area contributed by atoms with E-state index in [1.54, 1.807) is 32.0 Å². The summed E-state index contributed by atoms with van der Waals surface area (Å²) in [6.45, 7) is 7.96. The number of hydrogen-bond acceptors (Lipinski definition) is 8. The molecule has 0 saturated carbocycles. The Morgan fingerprint density at radius 2 is 1.92 bits per heavy atom. The molecule has 3 unspecified atom stereocenters. The van der Waals surface area contributed by atoms with Crippen molar-refractivity contribution in [1.82, 2.24) is 4.98 Å². The van der Waals surface area contributed by atoms with Crippen molar-refractivity contribution in [2.75, 3.05) is 25.6 Å². The average Bonchev–Trinajstić information content (AvgIpc) is 3.20. The number of rotatable bonds is 10. The van der Waals surface area contributed by atoms with Gasteiger partial charge in [-0.25, -0.2) is 4.98 Å². The van der Waals surface area contributed by atoms with Crippen LogP contribution < -0.4 is 20.5 Å². The molecule has 0 fully saturated rings. The lowest BCUT2D eigenvalue weighted by Crippen LogP contribution is -2.35. The lowest BCUT2D eigenvalue weighted by atomic mass is 9.88. The second-order valence-corrected chi connectivity index (χ2v) is 10.6. The van der Waals surface area contributed by atoms with Gasteiger partial charge in [0.15, 0.2) is 17.3 Å². The van der Waals surface area contributed by atoms with E-state index in [9.17, 15) is 15.0 Å². The number of carbonyl (C=O) groups is 1. The zero-order chi connectivity index (χ0) is 27.7. The molecular formula is C30H37N3O5. The Morgan fingerprint density at radius 1 is 1.21 bits per heavy atom. The second kappa shape index (κ2) is 10.7. The van der Waals surface area contributed by atoms with Crippen LogP contribution in [0.15, 0.2) is 48.5 Å². The first-order valence-electron chi connectivity index (χ1n) is 12.8. The minimum Gasteiger partial charge on any atom is -0.493 e. The van der Waals surface area contributed by atoms with Crippen LogP contribution in [0.5, 0.6) is 11.5 Å². The number of aryl methyl sites for hydroxylation is 1. The standard InChI is InChI=1S/C30H37N3O5/c1-18-6-8-20(9-7-18)27-28-22(29(3,31)17-32-28)15-26(33-27)30(4,36)13-12-23(35)21-10-11-24(25(14-21)37-5)38-16-19(2)34/h6-11,14-15,19,32,34,36H,12-13,16-17,31H2,1-5H3. The maximum Gasteiger partial charge on any atom is 0.163 e. The largest absolute Gasteiger partial charge is 0.493 e. The fourth-order valence-electron chi connectivity index (χ4n) is 4.54. The minimum absolute atomic E-state index is 0.0980. The number of aromatic nitrogens is 1. The topological polar surface area (TPSA) is 127 Å². The summed E-state index contributed by atoms with van der Waals surface area (Å²) in [6, 6.07) is 14.9. The zero-order valence-electron chi connectivity index (χ0n) is 22.7. The summed E-state index contributed by atoms with van der Waals surface area (Å²) >= 11 is 0. The van der Waals surface area contributed by atoms with Gasteiger partial charge in [0.1, 0.15) is 12.2 Å². The number of nitrogens with two attached hydrogens (primary N) is 1. The number of anilines is 1. The van der Waals surface area contributed by atoms with Crippen molar-refractivity contribution in [3.63, 3.8) is 0 Å². The molecule has 0 amide bonds. The van der Waals surface area contributed by atoms with E-state index in [4.69, 9.17) is 20.2 Å². The number of aliphatic hydroxyl groups excluding tert-OH is 1. The molecule has 1 aliphatic rings. The maximum atomic E-state index is 13.1. The molecule has 0 radical (unpaired) electrons. The van der Waals surface area contributed by atoms with E-state index in [1.165, 1.54) is 7.11 Å². The van der Waals surface area contributed by atoms with Crippen molar-refractivity contribution in [3.8, 4) is 22.8 Å². The van der Waals surface area contributed by atoms with E-state index in [0.29, 0.717) is 29.3 Å². The first-order valence-corrected chi connectivity index (χ1v) is 12.8. The van der Waals surface area contributed by atoms with Crippen LogP contribution in [0.3, 0.4) is 0 Å². The van der Waals surface area contributed by atoms with Crippen LogP contribution in [0.25, 0.3) is 11.3 Å². The maximum absolute atomic E-state index is 13.1. The van der Waals surface area contributed by atoms with Crippen molar-refractivity contribution in [2.24, 2.45) is 5.73 Å². The van der Waals surface area contributed by atoms with E-state index in [0.717, 1.165) is 28.1 Å². The van der Waals surface area contributed by atoms with Gasteiger partial charge >= 0.3 is 0 Å². The smallest absolute Gasteiger partial charge is 0.163 e. The fourth-order valence-corrected chi connectivity index (χ4v) is 4.54. The van der Waals surface area contributed by atoms with Gasteiger partial charge in [-0.2, -0.15) is 0 Å². The minimum atomic E-state index is -1.37. The number of ether oxygens (including phenoxy) is 2. The lowest BCUT2D eigenvalue weighted by Gasteiger charge is -2.26. The lowest BCUT2D eigenvalue weighted by molar-refractivity contribution is 0.0397. The molecule has 0 spiro atoms. The van der Waals surface area contributed by atoms with Crippen molar-refractivity contribution in [1.29, 1.82) is 0 Å². The number of fused-ring (bicyclic) bond motifs is 1. The van der Waals surface area contributed by atoms with Crippen LogP contribution >= 0.6 is 0 Å². The molecule has 202 valence electrons. The molecule has 2 aromatic carbocycles. The van der Waals surface area contributed by atoms with E-state index in [1.807, 2.05) is 44.2 Å². The first kappa shape index (κ1) is 27.6. The van der Waals surface area contributed by atoms with Crippen LogP contribution in [-0.2, 0) is 11.1 Å². The Labute approximate surface area is 223 Å². The predicted octanol–water partition coefficient (Wildman–Crippen LogP) is 4.30. The number of benzene rings is 2. The number of carbonyl (C=O) groups excluding carboxylic acids is 1. The Balaban J connectivity index is 1.58. The number of ketones is 1. The van der Waals surface area contributed by atoms with Gasteiger partial charge in [0.25, 0.3) is 0 Å². The van der Waals surface area contributed by atoms with Crippen LogP contribution in [0.2, 0.25) is 0 Å². The number of aliphatic hydroxyl groups is 2. The molecule has 5 N–H and O–H groups in total. The summed E-state index contributed by atoms with van der Waals surface area (Å²) < 4.78 is 10.9. The number of hydrogen-bond donors (Lipinski definition) is 4. The normalized spacial score (nSPS) is 18.7. The Hall–Kier alpha value is -3.46. The number of methoxy groups -OCH3 is 1. The highest BCUT2D eigenvalue weighted by atomic mass is 16.5. The molecule has 0 aliphatic carbocycles. The van der Waals surface area contributed by atoms with Crippen molar-refractivity contribution in [3.05, 3.63) is 70.9 Å². The highest BCUT2D eigenvalue weighted by Crippen LogP contribution is 2.42. The van der Waals surface area contributed by atoms with E-state index >= 15 is 0 Å². The molecule has 8 nitrogen and oxygen atoms in total. The van der Waals surface area contributed by atoms with Gasteiger partial charge in [0, 0.05) is 29.7 Å². The first-order chi connectivity index (χ1) is 17.9. The Morgan fingerprint density at radius 3 is 2.58 bits per heavy atom. The van der Waals surface area contributed by atoms with Gasteiger partial charge in [0.2, 0.25) is 0 Å². The molecule has 1 aliphatic heterocycles. The number of nitrogens with zero attached hydrogens (tertiary/aromatic N) is 1. The quantitative estimate of drug-likeness (QED) is 0.292. The van der Waals surface area contributed by atoms with Gasteiger partial charge in [-0.1, -0.05) is 29.8 Å². The zero-order valence-corrected chi connectivity index (χ0v) is 22.7. The Bertz CT molecular complexity index is 1320. The Kier molecular flexibility index (Phi) is 7.78. The van der Waals surface area contributed by atoms with E-state index in [2.05, 4.69) is 5.32 Å². The molecule has 0 saturated heterocycles. The summed E-state index contributed by atoms with van der Waals surface area (Å²) in [5.41, 5.74) is 10.1. The average molecular weight is 520 g/mol. The third kappa shape index (κ3) is 5.83. The van der Waals surface area contributed by atoms with Gasteiger partial charge in [-0.3, -0.25) is 4.79 Å². The number of pyridine rings is 1. The predicted molar refractivity (Wildman–Crippen MR) is 148 cm³/mol. The molecule has 3 atom stereocenters. The van der Waals surface area contributed by atoms with Crippen LogP contribution in [0, 0.1) is 6.92 Å². The molecule has 4 rings (SSSR count). The van der Waals surface area contributed by atoms with Gasteiger partial charge in [0.05, 0.1) is 35.8 Å². The van der Waals surface area contributed by atoms with Crippen molar-refractivity contribution in [2.45, 2.75) is 57.8 Å². The monoisotopic (exact) mass is 519 g/mol. The summed E-state index contributed by atoms with van der Waals surface area (Å²) in [7, 11) is 1.49. The molecule has 8 heteroatoms. The van der Waals surface area contributed by atoms with Crippen molar-refractivity contribution < 1.29 is 24.5 Å². The molecule has 0 bridgehead atoms. The van der Waals surface area contributed by atoms with Crippen LogP contribution in [-0.4, -0.2) is 47.3 Å². The highest BCUT2D eigenvalue weighted by Gasteiger charge is 2.36. The summed E-state index contributed by atoms with van der Waals surface area (Å²) in [6.07, 6.45) is -0.362. The summed E-state index contributed by atoms with van der Waals surface area (Å²) in [5, 5.41) is 24.4. The van der Waals surface area contributed by atoms with Crippen LogP contribution in [0.1, 0.15) is 60.8 Å². The van der Waals surface area contributed by atoms with E-state index in [-0.39, 0.29) is 25.2 Å². The molecular weight excluding hydrogens is 482 g/mol. The number of Topliss-reactive ketones (excluding diaryl/α,β-unsaturated/α-hetero) is 1. The third-order valence-electron chi connectivity index (χ3n) is 6.95. The van der Waals surface area contributed by atoms with Crippen molar-refractivity contribution >= 4 is 11.5 Å². The molecule has 1 aromatic heterocycles. The van der Waals surface area contributed by atoms with Gasteiger partial charge in [-0.05, 0) is 58.4 Å². The molecule has 38 heavy (non-hydrogen) atoms. The fraction of sp³-hybridized carbons (Fsp3) is 0.400. The summed E-state index contributed by atoms with van der Waals surface area (Å²) in [4.78, 5) is 18.0. The number of nitrogens with one attached hydrogen (secondary N) is 1. The third-order valence-corrected chi connectivity index (χ3v) is 6.95. The van der Waals surface area contributed by atoms with Gasteiger partial charge in [-0.15, -0.1) is 0 Å². The van der Waals surface area contributed by atoms with E-state index < -0.39 is 17.2 Å². The molecule has 3 aromatic rings.